The van der Waals surface area contributed by atoms with Gasteiger partial charge in [-0.05, 0) is 48.9 Å². The van der Waals surface area contributed by atoms with Crippen LogP contribution in [0.4, 0.5) is 5.69 Å². The predicted octanol–water partition coefficient (Wildman–Crippen LogP) is 3.74. The predicted molar refractivity (Wildman–Crippen MR) is 122 cm³/mol. The van der Waals surface area contributed by atoms with Crippen molar-refractivity contribution < 1.29 is 23.9 Å². The Morgan fingerprint density at radius 3 is 2.62 bits per heavy atom. The van der Waals surface area contributed by atoms with Gasteiger partial charge in [0, 0.05) is 21.6 Å². The zero-order chi connectivity index (χ0) is 23.4. The molecule has 0 unspecified atom stereocenters. The number of rotatable bonds is 6. The van der Waals surface area contributed by atoms with E-state index in [0.717, 1.165) is 15.0 Å². The number of nitrogens with one attached hydrogen (secondary N) is 2. The Kier molecular flexibility index (Phi) is 7.76. The smallest absolute Gasteiger partial charge is 0.311 e. The second-order valence-electron chi connectivity index (χ2n) is 7.09. The molecule has 0 spiro atoms. The summed E-state index contributed by atoms with van der Waals surface area (Å²) in [6.45, 7) is 1.25. The molecule has 11 heteroatoms. The summed E-state index contributed by atoms with van der Waals surface area (Å²) in [7, 11) is 0. The first-order chi connectivity index (χ1) is 15.1. The van der Waals surface area contributed by atoms with Gasteiger partial charge in [0.15, 0.2) is 6.61 Å². The summed E-state index contributed by atoms with van der Waals surface area (Å²) in [6, 6.07) is 9.67. The molecular formula is C21H18BrCl2N3O5. The molecule has 3 rings (SSSR count). The normalized spacial score (nSPS) is 15.4. The molecule has 1 atom stereocenters. The maximum atomic E-state index is 12.4. The molecule has 1 heterocycles. The van der Waals surface area contributed by atoms with Gasteiger partial charge in [0.2, 0.25) is 5.91 Å². The fourth-order valence-corrected chi connectivity index (χ4v) is 4.01. The number of nitrogens with zero attached hydrogens (tertiary/aromatic N) is 1. The number of carbonyl (C=O) groups is 4. The fourth-order valence-electron chi connectivity index (χ4n) is 3.04. The Morgan fingerprint density at radius 1 is 1.19 bits per heavy atom. The second kappa shape index (κ2) is 10.3. The largest absolute Gasteiger partial charge is 0.455 e. The molecule has 1 aliphatic heterocycles. The molecule has 1 aliphatic rings. The van der Waals surface area contributed by atoms with Crippen LogP contribution in [0.3, 0.4) is 0 Å². The van der Waals surface area contributed by atoms with Gasteiger partial charge in [0.1, 0.15) is 0 Å². The number of ether oxygens (including phenoxy) is 1. The summed E-state index contributed by atoms with van der Waals surface area (Å²) in [6.07, 6.45) is -0.152. The van der Waals surface area contributed by atoms with Gasteiger partial charge in [-0.15, -0.1) is 0 Å². The minimum absolute atomic E-state index is 0.0813. The van der Waals surface area contributed by atoms with Crippen LogP contribution in [0.5, 0.6) is 0 Å². The van der Waals surface area contributed by atoms with E-state index in [4.69, 9.17) is 27.9 Å². The Morgan fingerprint density at radius 2 is 1.94 bits per heavy atom. The Bertz CT molecular complexity index is 1100. The quantitative estimate of drug-likeness (QED) is 0.541. The number of hydrogen-bond acceptors (Lipinski definition) is 5. The van der Waals surface area contributed by atoms with Crippen LogP contribution >= 0.6 is 39.1 Å². The first-order valence-corrected chi connectivity index (χ1v) is 11.0. The van der Waals surface area contributed by atoms with Crippen molar-refractivity contribution in [1.29, 1.82) is 0 Å². The van der Waals surface area contributed by atoms with Crippen molar-refractivity contribution in [2.45, 2.75) is 13.3 Å². The topological polar surface area (TPSA) is 105 Å². The van der Waals surface area contributed by atoms with E-state index in [9.17, 15) is 19.2 Å². The van der Waals surface area contributed by atoms with E-state index in [-0.39, 0.29) is 23.6 Å². The molecule has 0 aliphatic carbocycles. The van der Waals surface area contributed by atoms with E-state index in [1.807, 2.05) is 13.0 Å². The van der Waals surface area contributed by atoms with Crippen molar-refractivity contribution in [3.8, 4) is 0 Å². The third-order valence-corrected chi connectivity index (χ3v) is 5.72. The third-order valence-electron chi connectivity index (χ3n) is 4.68. The number of hydrazine groups is 1. The van der Waals surface area contributed by atoms with Gasteiger partial charge in [0.25, 0.3) is 11.8 Å². The van der Waals surface area contributed by atoms with E-state index in [2.05, 4.69) is 26.7 Å². The van der Waals surface area contributed by atoms with Crippen LogP contribution in [-0.4, -0.2) is 41.9 Å². The lowest BCUT2D eigenvalue weighted by Crippen LogP contribution is -2.43. The zero-order valence-corrected chi connectivity index (χ0v) is 19.9. The maximum Gasteiger partial charge on any atom is 0.311 e. The molecule has 8 nitrogen and oxygen atoms in total. The SMILES string of the molecule is Cc1cc(Br)ccc1NC(=O)COC(=O)[C@H]1CC(=O)N(NC(=O)c2ccc(Cl)cc2Cl)C1. The highest BCUT2D eigenvalue weighted by molar-refractivity contribution is 9.10. The van der Waals surface area contributed by atoms with Crippen LogP contribution in [-0.2, 0) is 19.1 Å². The lowest BCUT2D eigenvalue weighted by atomic mass is 10.1. The van der Waals surface area contributed by atoms with Crippen molar-refractivity contribution in [2.24, 2.45) is 5.92 Å². The summed E-state index contributed by atoms with van der Waals surface area (Å²) in [5.74, 6) is -3.10. The number of esters is 1. The summed E-state index contributed by atoms with van der Waals surface area (Å²) in [5, 5.41) is 4.19. The minimum atomic E-state index is -0.814. The standard InChI is InChI=1S/C21H18BrCl2N3O5/c1-11-6-13(22)2-5-17(11)25-18(28)10-32-21(31)12-7-19(29)27(9-12)26-20(30)15-4-3-14(23)8-16(15)24/h2-6,8,12H,7,9-10H2,1H3,(H,25,28)(H,26,30)/t12-/m0/s1. The van der Waals surface area contributed by atoms with Gasteiger partial charge in [-0.25, -0.2) is 0 Å². The molecule has 0 bridgehead atoms. The number of aryl methyl sites for hydroxylation is 1. The Hall–Kier alpha value is -2.62. The van der Waals surface area contributed by atoms with Crippen LogP contribution in [0.2, 0.25) is 10.0 Å². The van der Waals surface area contributed by atoms with Crippen molar-refractivity contribution >= 4 is 68.5 Å². The van der Waals surface area contributed by atoms with Crippen LogP contribution in [0.25, 0.3) is 0 Å². The van der Waals surface area contributed by atoms with Crippen molar-refractivity contribution in [3.63, 3.8) is 0 Å². The van der Waals surface area contributed by atoms with Crippen molar-refractivity contribution in [1.82, 2.24) is 10.4 Å². The number of anilines is 1. The number of hydrogen-bond donors (Lipinski definition) is 2. The van der Waals surface area contributed by atoms with E-state index < -0.39 is 36.2 Å². The van der Waals surface area contributed by atoms with Gasteiger partial charge < -0.3 is 10.1 Å². The van der Waals surface area contributed by atoms with Gasteiger partial charge in [-0.2, -0.15) is 0 Å². The van der Waals surface area contributed by atoms with Crippen molar-refractivity contribution in [3.05, 3.63) is 62.0 Å². The van der Waals surface area contributed by atoms with Crippen LogP contribution < -0.4 is 10.7 Å². The average molecular weight is 543 g/mol. The number of carbonyl (C=O) groups excluding carboxylic acids is 4. The average Bonchev–Trinajstić information content (AvgIpc) is 3.08. The molecular weight excluding hydrogens is 525 g/mol. The highest BCUT2D eigenvalue weighted by Gasteiger charge is 2.37. The molecule has 2 aromatic carbocycles. The van der Waals surface area contributed by atoms with Crippen LogP contribution in [0, 0.1) is 12.8 Å². The Labute approximate surface area is 202 Å². The first-order valence-electron chi connectivity index (χ1n) is 9.43. The molecule has 0 saturated carbocycles. The van der Waals surface area contributed by atoms with Gasteiger partial charge >= 0.3 is 5.97 Å². The lowest BCUT2D eigenvalue weighted by molar-refractivity contribution is -0.151. The molecule has 0 radical (unpaired) electrons. The minimum Gasteiger partial charge on any atom is -0.455 e. The first kappa shape index (κ1) is 24.0. The monoisotopic (exact) mass is 541 g/mol. The second-order valence-corrected chi connectivity index (χ2v) is 8.84. The van der Waals surface area contributed by atoms with E-state index in [1.165, 1.54) is 18.2 Å². The molecule has 1 saturated heterocycles. The number of amides is 3. The summed E-state index contributed by atoms with van der Waals surface area (Å²) >= 11 is 15.2. The van der Waals surface area contributed by atoms with Crippen molar-refractivity contribution in [2.75, 3.05) is 18.5 Å². The van der Waals surface area contributed by atoms with E-state index in [1.54, 1.807) is 12.1 Å². The summed E-state index contributed by atoms with van der Waals surface area (Å²) < 4.78 is 5.93. The molecule has 3 amide bonds. The zero-order valence-electron chi connectivity index (χ0n) is 16.8. The van der Waals surface area contributed by atoms with Gasteiger partial charge in [-0.3, -0.25) is 29.6 Å². The molecule has 2 N–H and O–H groups in total. The number of halogens is 3. The Balaban J connectivity index is 1.51. The molecule has 168 valence electrons. The lowest BCUT2D eigenvalue weighted by Gasteiger charge is -2.18. The molecule has 0 aromatic heterocycles. The maximum absolute atomic E-state index is 12.4. The third kappa shape index (κ3) is 5.99. The molecule has 1 fully saturated rings. The fraction of sp³-hybridized carbons (Fsp3) is 0.238. The summed E-state index contributed by atoms with van der Waals surface area (Å²) in [4.78, 5) is 49.0. The van der Waals surface area contributed by atoms with Crippen LogP contribution in [0.1, 0.15) is 22.3 Å². The summed E-state index contributed by atoms with van der Waals surface area (Å²) in [5.41, 5.74) is 4.00. The molecule has 32 heavy (non-hydrogen) atoms. The highest BCUT2D eigenvalue weighted by Crippen LogP contribution is 2.23. The van der Waals surface area contributed by atoms with E-state index in [0.29, 0.717) is 10.7 Å². The highest BCUT2D eigenvalue weighted by atomic mass is 79.9. The van der Waals surface area contributed by atoms with E-state index >= 15 is 0 Å². The molecule has 2 aromatic rings. The van der Waals surface area contributed by atoms with Gasteiger partial charge in [0.05, 0.1) is 23.0 Å². The number of benzene rings is 2. The van der Waals surface area contributed by atoms with Crippen LogP contribution in [0.15, 0.2) is 40.9 Å². The van der Waals surface area contributed by atoms with Gasteiger partial charge in [-0.1, -0.05) is 39.1 Å².